The van der Waals surface area contributed by atoms with E-state index >= 15 is 0 Å². The largest absolute Gasteiger partial charge is 0.493 e. The van der Waals surface area contributed by atoms with Gasteiger partial charge in [0.25, 0.3) is 10.0 Å². The fourth-order valence-electron chi connectivity index (χ4n) is 3.14. The van der Waals surface area contributed by atoms with E-state index in [0.717, 1.165) is 4.31 Å². The third-order valence-corrected chi connectivity index (χ3v) is 6.57. The Kier molecular flexibility index (Phi) is 8.15. The molecule has 3 aromatic carbocycles. The van der Waals surface area contributed by atoms with Crippen molar-refractivity contribution in [1.29, 1.82) is 0 Å². The first-order chi connectivity index (χ1) is 16.4. The van der Waals surface area contributed by atoms with E-state index in [0.29, 0.717) is 29.5 Å². The van der Waals surface area contributed by atoms with Gasteiger partial charge in [-0.3, -0.25) is 9.10 Å². The van der Waals surface area contributed by atoms with Gasteiger partial charge >= 0.3 is 0 Å². The first-order valence-electron chi connectivity index (χ1n) is 10.3. The molecule has 0 radical (unpaired) electrons. The van der Waals surface area contributed by atoms with Crippen LogP contribution in [0.25, 0.3) is 0 Å². The number of nitrogens with zero attached hydrogens (tertiary/aromatic N) is 1. The second-order valence-corrected chi connectivity index (χ2v) is 8.90. The Labute approximate surface area is 199 Å². The molecule has 3 aromatic rings. The van der Waals surface area contributed by atoms with Crippen LogP contribution in [0.5, 0.6) is 17.2 Å². The van der Waals surface area contributed by atoms with Gasteiger partial charge in [0.05, 0.1) is 24.8 Å². The molecule has 0 atom stereocenters. The molecule has 178 valence electrons. The number of anilines is 2. The van der Waals surface area contributed by atoms with Gasteiger partial charge in [-0.25, -0.2) is 8.42 Å². The van der Waals surface area contributed by atoms with E-state index < -0.39 is 22.5 Å². The van der Waals surface area contributed by atoms with E-state index in [-0.39, 0.29) is 10.6 Å². The molecule has 0 saturated heterocycles. The second kappa shape index (κ2) is 11.2. The summed E-state index contributed by atoms with van der Waals surface area (Å²) in [7, 11) is -1.12. The minimum absolute atomic E-state index is 0.0568. The van der Waals surface area contributed by atoms with E-state index in [9.17, 15) is 13.2 Å². The molecular weight excluding hydrogens is 456 g/mol. The smallest absolute Gasteiger partial charge is 0.264 e. The summed E-state index contributed by atoms with van der Waals surface area (Å²) in [5.41, 5.74) is 0.755. The normalized spacial score (nSPS) is 10.8. The summed E-state index contributed by atoms with van der Waals surface area (Å²) in [5.74, 6) is 0.876. The quantitative estimate of drug-likeness (QED) is 0.414. The molecule has 0 bridgehead atoms. The number of sulfonamides is 1. The van der Waals surface area contributed by atoms with Crippen LogP contribution >= 0.6 is 0 Å². The molecule has 1 amide bonds. The van der Waals surface area contributed by atoms with Crippen LogP contribution in [0.15, 0.2) is 90.3 Å². The number of rotatable bonds is 11. The van der Waals surface area contributed by atoms with Crippen molar-refractivity contribution in [2.45, 2.75) is 4.90 Å². The summed E-state index contributed by atoms with van der Waals surface area (Å²) in [6, 6.07) is 19.3. The highest BCUT2D eigenvalue weighted by molar-refractivity contribution is 7.92. The van der Waals surface area contributed by atoms with E-state index in [1.807, 2.05) is 0 Å². The molecular formula is C25H26N2O6S. The molecule has 1 N–H and O–H groups in total. The Balaban J connectivity index is 1.90. The highest BCUT2D eigenvalue weighted by Crippen LogP contribution is 2.33. The zero-order chi connectivity index (χ0) is 24.6. The standard InChI is InChI=1S/C25H26N2O6S/c1-4-16-33-21-13-10-19(11-14-21)26-25(28)18-27(34(29,30)22-8-6-5-7-9-22)20-12-15-23(31-2)24(17-20)32-3/h4-15,17H,1,16,18H2,2-3H3,(H,26,28). The summed E-state index contributed by atoms with van der Waals surface area (Å²) >= 11 is 0. The van der Waals surface area contributed by atoms with Gasteiger partial charge in [0.2, 0.25) is 5.91 Å². The number of methoxy groups -OCH3 is 2. The van der Waals surface area contributed by atoms with Crippen molar-refractivity contribution < 1.29 is 27.4 Å². The first-order valence-corrected chi connectivity index (χ1v) is 11.8. The SMILES string of the molecule is C=CCOc1ccc(NC(=O)CN(c2ccc(OC)c(OC)c2)S(=O)(=O)c2ccccc2)cc1. The number of amides is 1. The maximum atomic E-state index is 13.5. The van der Waals surface area contributed by atoms with Crippen LogP contribution in [0.3, 0.4) is 0 Å². The van der Waals surface area contributed by atoms with Crippen LogP contribution in [-0.4, -0.2) is 41.7 Å². The number of benzene rings is 3. The third-order valence-electron chi connectivity index (χ3n) is 4.78. The molecule has 8 nitrogen and oxygen atoms in total. The maximum Gasteiger partial charge on any atom is 0.264 e. The van der Waals surface area contributed by atoms with E-state index in [2.05, 4.69) is 11.9 Å². The van der Waals surface area contributed by atoms with E-state index in [1.165, 1.54) is 32.4 Å². The Morgan fingerprint density at radius 3 is 2.26 bits per heavy atom. The summed E-state index contributed by atoms with van der Waals surface area (Å²) in [5, 5.41) is 2.72. The zero-order valence-corrected chi connectivity index (χ0v) is 19.7. The van der Waals surface area contributed by atoms with Crippen molar-refractivity contribution in [1.82, 2.24) is 0 Å². The van der Waals surface area contributed by atoms with Gasteiger partial charge in [0.1, 0.15) is 18.9 Å². The number of hydrogen-bond acceptors (Lipinski definition) is 6. The van der Waals surface area contributed by atoms with Gasteiger partial charge in [-0.2, -0.15) is 0 Å². The highest BCUT2D eigenvalue weighted by atomic mass is 32.2. The summed E-state index contributed by atoms with van der Waals surface area (Å²) in [6.07, 6.45) is 1.63. The molecule has 0 saturated carbocycles. The van der Waals surface area contributed by atoms with Gasteiger partial charge in [0.15, 0.2) is 11.5 Å². The average molecular weight is 483 g/mol. The fraction of sp³-hybridized carbons (Fsp3) is 0.160. The molecule has 0 aliphatic rings. The molecule has 3 rings (SSSR count). The lowest BCUT2D eigenvalue weighted by Gasteiger charge is -2.25. The molecule has 0 spiro atoms. The molecule has 0 unspecified atom stereocenters. The lowest BCUT2D eigenvalue weighted by atomic mass is 10.2. The van der Waals surface area contributed by atoms with Crippen LogP contribution in [-0.2, 0) is 14.8 Å². The maximum absolute atomic E-state index is 13.5. The Morgan fingerprint density at radius 2 is 1.65 bits per heavy atom. The number of carbonyl (C=O) groups excluding carboxylic acids is 1. The molecule has 0 fully saturated rings. The van der Waals surface area contributed by atoms with Gasteiger partial charge in [-0.05, 0) is 48.5 Å². The Bertz CT molecular complexity index is 1230. The van der Waals surface area contributed by atoms with Crippen molar-refractivity contribution in [3.8, 4) is 17.2 Å². The van der Waals surface area contributed by atoms with Crippen molar-refractivity contribution in [2.75, 3.05) is 37.0 Å². The molecule has 0 aliphatic carbocycles. The fourth-order valence-corrected chi connectivity index (χ4v) is 4.57. The van der Waals surface area contributed by atoms with Gasteiger partial charge < -0.3 is 19.5 Å². The lowest BCUT2D eigenvalue weighted by molar-refractivity contribution is -0.114. The molecule has 9 heteroatoms. The monoisotopic (exact) mass is 482 g/mol. The molecule has 0 heterocycles. The molecule has 0 aliphatic heterocycles. The van der Waals surface area contributed by atoms with Crippen LogP contribution in [0.1, 0.15) is 0 Å². The van der Waals surface area contributed by atoms with Gasteiger partial charge in [-0.15, -0.1) is 0 Å². The summed E-state index contributed by atoms with van der Waals surface area (Å²) in [4.78, 5) is 12.9. The van der Waals surface area contributed by atoms with Crippen LogP contribution < -0.4 is 23.8 Å². The predicted octanol–water partition coefficient (Wildman–Crippen LogP) is 4.10. The van der Waals surface area contributed by atoms with Crippen molar-refractivity contribution >= 4 is 27.3 Å². The Hall–Kier alpha value is -3.98. The number of carbonyl (C=O) groups is 1. The van der Waals surface area contributed by atoms with Crippen LogP contribution in [0.2, 0.25) is 0 Å². The second-order valence-electron chi connectivity index (χ2n) is 7.04. The highest BCUT2D eigenvalue weighted by Gasteiger charge is 2.28. The van der Waals surface area contributed by atoms with Crippen LogP contribution in [0.4, 0.5) is 11.4 Å². The van der Waals surface area contributed by atoms with Crippen molar-refractivity contribution in [3.63, 3.8) is 0 Å². The Morgan fingerprint density at radius 1 is 0.971 bits per heavy atom. The topological polar surface area (TPSA) is 94.2 Å². The minimum atomic E-state index is -4.06. The van der Waals surface area contributed by atoms with Crippen molar-refractivity contribution in [3.05, 3.63) is 85.5 Å². The number of nitrogens with one attached hydrogen (secondary N) is 1. The average Bonchev–Trinajstić information content (AvgIpc) is 2.87. The first kappa shape index (κ1) is 24.7. The predicted molar refractivity (Wildman–Crippen MR) is 131 cm³/mol. The number of hydrogen-bond donors (Lipinski definition) is 1. The summed E-state index contributed by atoms with van der Waals surface area (Å²) < 4.78 is 44.0. The molecule has 34 heavy (non-hydrogen) atoms. The number of ether oxygens (including phenoxy) is 3. The third kappa shape index (κ3) is 5.87. The minimum Gasteiger partial charge on any atom is -0.493 e. The lowest BCUT2D eigenvalue weighted by Crippen LogP contribution is -2.38. The zero-order valence-electron chi connectivity index (χ0n) is 18.9. The molecule has 0 aromatic heterocycles. The van der Waals surface area contributed by atoms with Crippen LogP contribution in [0, 0.1) is 0 Å². The summed E-state index contributed by atoms with van der Waals surface area (Å²) in [6.45, 7) is 3.50. The van der Waals surface area contributed by atoms with Crippen molar-refractivity contribution in [2.24, 2.45) is 0 Å². The van der Waals surface area contributed by atoms with E-state index in [4.69, 9.17) is 14.2 Å². The van der Waals surface area contributed by atoms with Gasteiger partial charge in [0, 0.05) is 11.8 Å². The van der Waals surface area contributed by atoms with Gasteiger partial charge in [-0.1, -0.05) is 30.9 Å². The van der Waals surface area contributed by atoms with E-state index in [1.54, 1.807) is 60.7 Å².